The number of carbonyl (C=O) groups is 1. The molecule has 0 aliphatic rings. The minimum atomic E-state index is -0.320. The Kier molecular flexibility index (Phi) is 6.09. The van der Waals surface area contributed by atoms with Crippen LogP contribution < -0.4 is 10.6 Å². The van der Waals surface area contributed by atoms with Crippen LogP contribution in [-0.2, 0) is 0 Å². The van der Waals surface area contributed by atoms with Crippen LogP contribution in [0.15, 0.2) is 59.5 Å². The van der Waals surface area contributed by atoms with Gasteiger partial charge in [0.05, 0.1) is 0 Å². The summed E-state index contributed by atoms with van der Waals surface area (Å²) in [5, 5.41) is 5.43. The molecule has 0 aliphatic carbocycles. The van der Waals surface area contributed by atoms with E-state index in [2.05, 4.69) is 22.8 Å². The first kappa shape index (κ1) is 15.4. The Morgan fingerprint density at radius 3 is 2.48 bits per heavy atom. The second kappa shape index (κ2) is 8.32. The lowest BCUT2D eigenvalue weighted by molar-refractivity contribution is 0.252. The van der Waals surface area contributed by atoms with Gasteiger partial charge < -0.3 is 10.6 Å². The first-order chi connectivity index (χ1) is 10.2. The van der Waals surface area contributed by atoms with Crippen LogP contribution in [-0.4, -0.2) is 18.3 Å². The third kappa shape index (κ3) is 5.87. The van der Waals surface area contributed by atoms with Crippen molar-refractivity contribution >= 4 is 23.5 Å². The van der Waals surface area contributed by atoms with Gasteiger partial charge in [-0.15, -0.1) is 11.8 Å². The predicted octanol–water partition coefficient (Wildman–Crippen LogP) is 4.13. The Balaban J connectivity index is 1.60. The maximum Gasteiger partial charge on any atom is 0.319 e. The number of urea groups is 1. The molecule has 5 heteroatoms. The van der Waals surface area contributed by atoms with Crippen molar-refractivity contribution in [1.29, 1.82) is 0 Å². The zero-order chi connectivity index (χ0) is 14.9. The molecule has 2 N–H and O–H groups in total. The van der Waals surface area contributed by atoms with Crippen LogP contribution in [0.2, 0.25) is 0 Å². The lowest BCUT2D eigenvalue weighted by Crippen LogP contribution is -2.29. The second-order valence-electron chi connectivity index (χ2n) is 4.40. The van der Waals surface area contributed by atoms with Crippen LogP contribution in [0.4, 0.5) is 14.9 Å². The van der Waals surface area contributed by atoms with Gasteiger partial charge in [-0.2, -0.15) is 0 Å². The summed E-state index contributed by atoms with van der Waals surface area (Å²) < 4.78 is 12.7. The van der Waals surface area contributed by atoms with Gasteiger partial charge in [-0.1, -0.05) is 18.2 Å². The minimum absolute atomic E-state index is 0.272. The van der Waals surface area contributed by atoms with E-state index in [9.17, 15) is 9.18 Å². The minimum Gasteiger partial charge on any atom is -0.338 e. The largest absolute Gasteiger partial charge is 0.338 e. The number of hydrogen-bond donors (Lipinski definition) is 2. The number of rotatable bonds is 6. The summed E-state index contributed by atoms with van der Waals surface area (Å²) in [6.07, 6.45) is 0.885. The lowest BCUT2D eigenvalue weighted by Gasteiger charge is -2.07. The molecule has 0 aromatic heterocycles. The van der Waals surface area contributed by atoms with Crippen LogP contribution in [0.25, 0.3) is 0 Å². The van der Waals surface area contributed by atoms with Gasteiger partial charge in [0, 0.05) is 17.1 Å². The Bertz CT molecular complexity index is 560. The Labute approximate surface area is 127 Å². The van der Waals surface area contributed by atoms with E-state index in [1.54, 1.807) is 11.8 Å². The maximum atomic E-state index is 12.7. The number of halogens is 1. The fourth-order valence-electron chi connectivity index (χ4n) is 1.69. The van der Waals surface area contributed by atoms with E-state index in [0.717, 1.165) is 12.2 Å². The Morgan fingerprint density at radius 1 is 1.05 bits per heavy atom. The standard InChI is InChI=1S/C16H17FN2OS/c17-13-7-9-14(10-8-13)19-16(20)18-11-4-12-21-15-5-2-1-3-6-15/h1-3,5-10H,4,11-12H2,(H2,18,19,20). The van der Waals surface area contributed by atoms with Crippen molar-refractivity contribution in [2.45, 2.75) is 11.3 Å². The molecule has 3 nitrogen and oxygen atoms in total. The summed E-state index contributed by atoms with van der Waals surface area (Å²) in [4.78, 5) is 12.8. The summed E-state index contributed by atoms with van der Waals surface area (Å²) in [6, 6.07) is 15.6. The highest BCUT2D eigenvalue weighted by Crippen LogP contribution is 2.17. The summed E-state index contributed by atoms with van der Waals surface area (Å²) in [5.74, 6) is 0.625. The van der Waals surface area contributed by atoms with Gasteiger partial charge in [-0.05, 0) is 48.6 Å². The smallest absolute Gasteiger partial charge is 0.319 e. The third-order valence-electron chi connectivity index (χ3n) is 2.72. The molecule has 0 atom stereocenters. The summed E-state index contributed by atoms with van der Waals surface area (Å²) in [5.41, 5.74) is 0.576. The van der Waals surface area contributed by atoms with Crippen molar-refractivity contribution in [2.75, 3.05) is 17.6 Å². The fraction of sp³-hybridized carbons (Fsp3) is 0.188. The van der Waals surface area contributed by atoms with Crippen molar-refractivity contribution in [3.05, 3.63) is 60.4 Å². The normalized spacial score (nSPS) is 10.1. The van der Waals surface area contributed by atoms with E-state index in [1.165, 1.54) is 29.2 Å². The molecule has 2 aromatic rings. The lowest BCUT2D eigenvalue weighted by atomic mass is 10.3. The fourth-order valence-corrected chi connectivity index (χ4v) is 2.56. The van der Waals surface area contributed by atoms with Crippen LogP contribution in [0, 0.1) is 5.82 Å². The molecule has 0 saturated heterocycles. The van der Waals surface area contributed by atoms with E-state index in [4.69, 9.17) is 0 Å². The summed E-state index contributed by atoms with van der Waals surface area (Å²) >= 11 is 1.76. The monoisotopic (exact) mass is 304 g/mol. The molecule has 110 valence electrons. The number of carbonyl (C=O) groups excluding carboxylic acids is 1. The zero-order valence-electron chi connectivity index (χ0n) is 11.5. The first-order valence-electron chi connectivity index (χ1n) is 6.72. The van der Waals surface area contributed by atoms with Gasteiger partial charge in [0.2, 0.25) is 0 Å². The molecule has 2 amide bonds. The van der Waals surface area contributed by atoms with Crippen LogP contribution in [0.1, 0.15) is 6.42 Å². The number of amides is 2. The van der Waals surface area contributed by atoms with Crippen LogP contribution in [0.5, 0.6) is 0 Å². The SMILES string of the molecule is O=C(NCCCSc1ccccc1)Nc1ccc(F)cc1. The van der Waals surface area contributed by atoms with Gasteiger partial charge in [0.15, 0.2) is 0 Å². The molecule has 0 saturated carbocycles. The number of hydrogen-bond acceptors (Lipinski definition) is 2. The molecule has 0 heterocycles. The average molecular weight is 304 g/mol. The van der Waals surface area contributed by atoms with E-state index in [-0.39, 0.29) is 11.8 Å². The van der Waals surface area contributed by atoms with Crippen LogP contribution >= 0.6 is 11.8 Å². The zero-order valence-corrected chi connectivity index (χ0v) is 12.3. The van der Waals surface area contributed by atoms with Crippen molar-refractivity contribution in [3.63, 3.8) is 0 Å². The Hall–Kier alpha value is -2.01. The molecular weight excluding hydrogens is 287 g/mol. The molecule has 0 radical (unpaired) electrons. The maximum absolute atomic E-state index is 12.7. The molecule has 0 unspecified atom stereocenters. The first-order valence-corrected chi connectivity index (χ1v) is 7.71. The highest BCUT2D eigenvalue weighted by Gasteiger charge is 2.01. The summed E-state index contributed by atoms with van der Waals surface area (Å²) in [6.45, 7) is 0.604. The van der Waals surface area contributed by atoms with E-state index in [1.807, 2.05) is 18.2 Å². The Morgan fingerprint density at radius 2 is 1.76 bits per heavy atom. The molecule has 0 spiro atoms. The number of thioether (sulfide) groups is 1. The van der Waals surface area contributed by atoms with Crippen molar-refractivity contribution in [1.82, 2.24) is 5.32 Å². The highest BCUT2D eigenvalue weighted by molar-refractivity contribution is 7.99. The van der Waals surface area contributed by atoms with Gasteiger partial charge >= 0.3 is 6.03 Å². The predicted molar refractivity (Wildman–Crippen MR) is 85.2 cm³/mol. The van der Waals surface area contributed by atoms with E-state index in [0.29, 0.717) is 12.2 Å². The molecule has 2 aromatic carbocycles. The topological polar surface area (TPSA) is 41.1 Å². The number of benzene rings is 2. The summed E-state index contributed by atoms with van der Waals surface area (Å²) in [7, 11) is 0. The van der Waals surface area contributed by atoms with Gasteiger partial charge in [0.25, 0.3) is 0 Å². The average Bonchev–Trinajstić information content (AvgIpc) is 2.50. The molecule has 0 fully saturated rings. The molecular formula is C16H17FN2OS. The van der Waals surface area contributed by atoms with E-state index < -0.39 is 0 Å². The molecule has 2 rings (SSSR count). The molecule has 0 bridgehead atoms. The van der Waals surface area contributed by atoms with Gasteiger partial charge in [-0.3, -0.25) is 0 Å². The highest BCUT2D eigenvalue weighted by atomic mass is 32.2. The number of nitrogens with one attached hydrogen (secondary N) is 2. The van der Waals surface area contributed by atoms with Gasteiger partial charge in [0.1, 0.15) is 5.82 Å². The third-order valence-corrected chi connectivity index (χ3v) is 3.82. The molecule has 21 heavy (non-hydrogen) atoms. The number of anilines is 1. The van der Waals surface area contributed by atoms with Crippen molar-refractivity contribution in [2.24, 2.45) is 0 Å². The molecule has 0 aliphatic heterocycles. The van der Waals surface area contributed by atoms with Gasteiger partial charge in [-0.25, -0.2) is 9.18 Å². The quantitative estimate of drug-likeness (QED) is 0.622. The van der Waals surface area contributed by atoms with Crippen LogP contribution in [0.3, 0.4) is 0 Å². The van der Waals surface area contributed by atoms with Crippen molar-refractivity contribution < 1.29 is 9.18 Å². The second-order valence-corrected chi connectivity index (χ2v) is 5.57. The van der Waals surface area contributed by atoms with E-state index >= 15 is 0 Å². The van der Waals surface area contributed by atoms with Crippen molar-refractivity contribution in [3.8, 4) is 0 Å².